The molecule has 122 valence electrons. The number of rotatable bonds is 6. The Labute approximate surface area is 141 Å². The van der Waals surface area contributed by atoms with Gasteiger partial charge in [0.25, 0.3) is 5.69 Å². The van der Waals surface area contributed by atoms with Gasteiger partial charge >= 0.3 is 0 Å². The molecule has 0 spiro atoms. The SMILES string of the molecule is C=CCN(CC=C)C1Cc2c[nH]c3ccc([N+](=O)[O-])c(c23)C1.Cl. The number of halogens is 1. The van der Waals surface area contributed by atoms with Gasteiger partial charge in [0.2, 0.25) is 0 Å². The molecule has 1 aliphatic rings. The van der Waals surface area contributed by atoms with Gasteiger partial charge in [-0.25, -0.2) is 0 Å². The van der Waals surface area contributed by atoms with Crippen molar-refractivity contribution in [2.75, 3.05) is 13.1 Å². The van der Waals surface area contributed by atoms with Crippen molar-refractivity contribution in [2.45, 2.75) is 18.9 Å². The fourth-order valence-electron chi connectivity index (χ4n) is 3.42. The Balaban J connectivity index is 0.00000192. The van der Waals surface area contributed by atoms with Crippen LogP contribution in [0.3, 0.4) is 0 Å². The van der Waals surface area contributed by atoms with Crippen LogP contribution in [0.2, 0.25) is 0 Å². The first-order valence-electron chi connectivity index (χ1n) is 7.37. The second-order valence-corrected chi connectivity index (χ2v) is 5.65. The van der Waals surface area contributed by atoms with E-state index in [0.29, 0.717) is 6.42 Å². The summed E-state index contributed by atoms with van der Waals surface area (Å²) in [7, 11) is 0. The molecule has 0 bridgehead atoms. The molecule has 1 atom stereocenters. The van der Waals surface area contributed by atoms with E-state index < -0.39 is 0 Å². The van der Waals surface area contributed by atoms with Crippen molar-refractivity contribution in [1.82, 2.24) is 9.88 Å². The fourth-order valence-corrected chi connectivity index (χ4v) is 3.42. The lowest BCUT2D eigenvalue weighted by Gasteiger charge is -2.32. The van der Waals surface area contributed by atoms with Crippen molar-refractivity contribution in [3.8, 4) is 0 Å². The van der Waals surface area contributed by atoms with E-state index in [0.717, 1.165) is 41.5 Å². The van der Waals surface area contributed by atoms with Crippen molar-refractivity contribution in [1.29, 1.82) is 0 Å². The lowest BCUT2D eigenvalue weighted by Crippen LogP contribution is -2.40. The van der Waals surface area contributed by atoms with Gasteiger partial charge in [-0.15, -0.1) is 25.6 Å². The minimum atomic E-state index is -0.278. The van der Waals surface area contributed by atoms with Crippen molar-refractivity contribution in [3.63, 3.8) is 0 Å². The van der Waals surface area contributed by atoms with E-state index in [1.807, 2.05) is 18.3 Å². The van der Waals surface area contributed by atoms with Crippen LogP contribution < -0.4 is 0 Å². The Morgan fingerprint density at radius 1 is 1.30 bits per heavy atom. The quantitative estimate of drug-likeness (QED) is 0.498. The summed E-state index contributed by atoms with van der Waals surface area (Å²) in [5, 5.41) is 12.4. The summed E-state index contributed by atoms with van der Waals surface area (Å²) < 4.78 is 0. The monoisotopic (exact) mass is 333 g/mol. The number of H-pyrrole nitrogens is 1. The number of nitro groups is 1. The summed E-state index contributed by atoms with van der Waals surface area (Å²) in [6, 6.07) is 3.63. The zero-order valence-electron chi connectivity index (χ0n) is 12.8. The first-order valence-corrected chi connectivity index (χ1v) is 7.37. The van der Waals surface area contributed by atoms with Crippen LogP contribution in [-0.4, -0.2) is 33.9 Å². The molecule has 0 radical (unpaired) electrons. The molecule has 23 heavy (non-hydrogen) atoms. The van der Waals surface area contributed by atoms with Crippen molar-refractivity contribution < 1.29 is 4.92 Å². The van der Waals surface area contributed by atoms with E-state index in [1.165, 1.54) is 0 Å². The van der Waals surface area contributed by atoms with Gasteiger partial charge in [-0.05, 0) is 24.5 Å². The topological polar surface area (TPSA) is 62.2 Å². The zero-order chi connectivity index (χ0) is 15.7. The molecule has 1 aromatic heterocycles. The van der Waals surface area contributed by atoms with Gasteiger partial charge in [0.05, 0.1) is 4.92 Å². The Morgan fingerprint density at radius 3 is 2.61 bits per heavy atom. The summed E-state index contributed by atoms with van der Waals surface area (Å²) in [5.74, 6) is 0. The molecule has 1 aliphatic carbocycles. The molecule has 3 rings (SSSR count). The van der Waals surface area contributed by atoms with Crippen molar-refractivity contribution >= 4 is 29.0 Å². The van der Waals surface area contributed by atoms with Crippen LogP contribution in [0.5, 0.6) is 0 Å². The van der Waals surface area contributed by atoms with Crippen LogP contribution in [0.1, 0.15) is 11.1 Å². The summed E-state index contributed by atoms with van der Waals surface area (Å²) in [4.78, 5) is 16.6. The number of nitrogens with zero attached hydrogens (tertiary/aromatic N) is 2. The summed E-state index contributed by atoms with van der Waals surface area (Å²) in [6.45, 7) is 9.11. The van der Waals surface area contributed by atoms with Crippen LogP contribution in [0.25, 0.3) is 10.9 Å². The molecule has 1 unspecified atom stereocenters. The minimum absolute atomic E-state index is 0. The van der Waals surface area contributed by atoms with Gasteiger partial charge in [-0.3, -0.25) is 15.0 Å². The maximum absolute atomic E-state index is 11.4. The molecule has 1 aromatic carbocycles. The van der Waals surface area contributed by atoms with Crippen LogP contribution in [0.4, 0.5) is 5.69 Å². The first kappa shape index (κ1) is 17.2. The average Bonchev–Trinajstić information content (AvgIpc) is 2.91. The lowest BCUT2D eigenvalue weighted by atomic mass is 9.87. The van der Waals surface area contributed by atoms with Crippen LogP contribution in [-0.2, 0) is 12.8 Å². The Kier molecular flexibility index (Phi) is 5.23. The van der Waals surface area contributed by atoms with E-state index in [1.54, 1.807) is 12.1 Å². The number of benzene rings is 1. The summed E-state index contributed by atoms with van der Waals surface area (Å²) >= 11 is 0. The number of nitrogens with one attached hydrogen (secondary N) is 1. The summed E-state index contributed by atoms with van der Waals surface area (Å²) in [5.41, 5.74) is 3.19. The highest BCUT2D eigenvalue weighted by Gasteiger charge is 2.30. The molecule has 1 N–H and O–H groups in total. The van der Waals surface area contributed by atoms with Crippen molar-refractivity contribution in [3.05, 3.63) is 64.9 Å². The molecule has 0 saturated carbocycles. The second-order valence-electron chi connectivity index (χ2n) is 5.65. The predicted octanol–water partition coefficient (Wildman–Crippen LogP) is 3.64. The largest absolute Gasteiger partial charge is 0.361 e. The Bertz CT molecular complexity index is 744. The maximum Gasteiger partial charge on any atom is 0.273 e. The first-order chi connectivity index (χ1) is 10.7. The van der Waals surface area contributed by atoms with Crippen LogP contribution >= 0.6 is 12.4 Å². The van der Waals surface area contributed by atoms with Gasteiger partial charge in [0, 0.05) is 47.9 Å². The van der Waals surface area contributed by atoms with Crippen molar-refractivity contribution in [2.24, 2.45) is 0 Å². The molecule has 5 nitrogen and oxygen atoms in total. The minimum Gasteiger partial charge on any atom is -0.361 e. The molecular weight excluding hydrogens is 314 g/mol. The third kappa shape index (κ3) is 3.02. The maximum atomic E-state index is 11.4. The van der Waals surface area contributed by atoms with E-state index in [9.17, 15) is 10.1 Å². The molecule has 0 saturated heterocycles. The molecule has 0 aliphatic heterocycles. The smallest absolute Gasteiger partial charge is 0.273 e. The highest BCUT2D eigenvalue weighted by Crippen LogP contribution is 2.36. The third-order valence-corrected chi connectivity index (χ3v) is 4.35. The van der Waals surface area contributed by atoms with Crippen LogP contribution in [0.15, 0.2) is 43.6 Å². The second kappa shape index (κ2) is 6.98. The fraction of sp³-hybridized carbons (Fsp3) is 0.294. The van der Waals surface area contributed by atoms with E-state index >= 15 is 0 Å². The number of hydrogen-bond acceptors (Lipinski definition) is 3. The lowest BCUT2D eigenvalue weighted by molar-refractivity contribution is -0.385. The van der Waals surface area contributed by atoms with E-state index in [2.05, 4.69) is 23.0 Å². The number of nitro benzene ring substituents is 1. The highest BCUT2D eigenvalue weighted by molar-refractivity contribution is 5.90. The van der Waals surface area contributed by atoms with E-state index in [4.69, 9.17) is 0 Å². The Hall–Kier alpha value is -2.11. The normalized spacial score (nSPS) is 16.1. The zero-order valence-corrected chi connectivity index (χ0v) is 13.6. The molecule has 0 amide bonds. The number of aromatic nitrogens is 1. The third-order valence-electron chi connectivity index (χ3n) is 4.35. The predicted molar refractivity (Wildman–Crippen MR) is 95.4 cm³/mol. The summed E-state index contributed by atoms with van der Waals surface area (Å²) in [6.07, 6.45) is 7.27. The molecular formula is C17H20ClN3O2. The molecule has 6 heteroatoms. The molecule has 0 fully saturated rings. The highest BCUT2D eigenvalue weighted by atomic mass is 35.5. The Morgan fingerprint density at radius 2 is 2.00 bits per heavy atom. The van der Waals surface area contributed by atoms with Gasteiger partial charge in [0.15, 0.2) is 0 Å². The standard InChI is InChI=1S/C17H19N3O2.ClH/c1-3-7-19(8-4-2)13-9-12-11-18-15-5-6-16(20(21)22)14(10-13)17(12)15;/h3-6,11,13,18H,1-2,7-10H2;1H. The van der Waals surface area contributed by atoms with Gasteiger partial charge in [-0.2, -0.15) is 0 Å². The average molecular weight is 334 g/mol. The van der Waals surface area contributed by atoms with E-state index in [-0.39, 0.29) is 29.1 Å². The number of aromatic amines is 1. The molecule has 1 heterocycles. The van der Waals surface area contributed by atoms with Gasteiger partial charge < -0.3 is 4.98 Å². The van der Waals surface area contributed by atoms with Crippen LogP contribution in [0, 0.1) is 10.1 Å². The number of hydrogen-bond donors (Lipinski definition) is 1. The van der Waals surface area contributed by atoms with Gasteiger partial charge in [-0.1, -0.05) is 12.2 Å². The molecule has 2 aromatic rings. The van der Waals surface area contributed by atoms with Gasteiger partial charge in [0.1, 0.15) is 0 Å².